The molecule has 2 radical (unpaired) electrons. The van der Waals surface area contributed by atoms with E-state index in [0.717, 1.165) is 5.56 Å². The fraction of sp³-hybridized carbons (Fsp3) is 0.300. The van der Waals surface area contributed by atoms with Gasteiger partial charge in [-0.05, 0) is 19.4 Å². The number of nitrogens with one attached hydrogen (secondary N) is 1. The molecule has 0 fully saturated rings. The first-order chi connectivity index (χ1) is 6.09. The summed E-state index contributed by atoms with van der Waals surface area (Å²) in [4.78, 5) is 10.6. The molecule has 0 aliphatic rings. The van der Waals surface area contributed by atoms with E-state index in [1.54, 1.807) is 0 Å². The third-order valence-corrected chi connectivity index (χ3v) is 1.94. The summed E-state index contributed by atoms with van der Waals surface area (Å²) in [6, 6.07) is 7.95. The Kier molecular flexibility index (Phi) is 3.12. The SMILES string of the molecule is [B]C(=O)NC(C)c1ccc(C)cc1. The maximum absolute atomic E-state index is 10.6. The normalized spacial score (nSPS) is 12.2. The van der Waals surface area contributed by atoms with Gasteiger partial charge in [0.1, 0.15) is 0 Å². The summed E-state index contributed by atoms with van der Waals surface area (Å²) in [5.74, 6) is -0.493. The second-order valence-electron chi connectivity index (χ2n) is 3.14. The fourth-order valence-electron chi connectivity index (χ4n) is 1.15. The van der Waals surface area contributed by atoms with Gasteiger partial charge >= 0.3 is 0 Å². The van der Waals surface area contributed by atoms with Crippen molar-refractivity contribution in [1.29, 1.82) is 0 Å². The van der Waals surface area contributed by atoms with E-state index in [0.29, 0.717) is 0 Å². The Bertz CT molecular complexity index is 294. The van der Waals surface area contributed by atoms with Crippen LogP contribution in [-0.4, -0.2) is 13.7 Å². The fourth-order valence-corrected chi connectivity index (χ4v) is 1.15. The van der Waals surface area contributed by atoms with Crippen molar-refractivity contribution in [3.05, 3.63) is 35.4 Å². The van der Waals surface area contributed by atoms with Crippen LogP contribution in [0.2, 0.25) is 0 Å². The van der Waals surface area contributed by atoms with Crippen molar-refractivity contribution in [1.82, 2.24) is 5.32 Å². The predicted octanol–water partition coefficient (Wildman–Crippen LogP) is 1.93. The quantitative estimate of drug-likeness (QED) is 0.680. The number of hydrogen-bond acceptors (Lipinski definition) is 1. The lowest BCUT2D eigenvalue weighted by Gasteiger charge is -2.12. The molecule has 1 aromatic carbocycles. The van der Waals surface area contributed by atoms with E-state index in [1.807, 2.05) is 38.1 Å². The van der Waals surface area contributed by atoms with Crippen LogP contribution < -0.4 is 5.32 Å². The van der Waals surface area contributed by atoms with Crippen LogP contribution in [-0.2, 0) is 0 Å². The average Bonchev–Trinajstić information content (AvgIpc) is 2.04. The molecule has 66 valence electrons. The molecule has 13 heavy (non-hydrogen) atoms. The van der Waals surface area contributed by atoms with E-state index in [-0.39, 0.29) is 6.04 Å². The topological polar surface area (TPSA) is 29.1 Å². The van der Waals surface area contributed by atoms with Crippen LogP contribution in [0.4, 0.5) is 4.79 Å². The smallest absolute Gasteiger partial charge is 0.200 e. The zero-order chi connectivity index (χ0) is 9.84. The molecule has 0 heterocycles. The third-order valence-electron chi connectivity index (χ3n) is 1.94. The number of hydrogen-bond donors (Lipinski definition) is 1. The average molecular weight is 173 g/mol. The molecule has 2 nitrogen and oxygen atoms in total. The molecule has 3 heteroatoms. The molecule has 1 unspecified atom stereocenters. The molecule has 0 bridgehead atoms. The highest BCUT2D eigenvalue weighted by atomic mass is 16.1. The Balaban J connectivity index is 2.71. The van der Waals surface area contributed by atoms with Crippen molar-refractivity contribution in [2.75, 3.05) is 0 Å². The van der Waals surface area contributed by atoms with E-state index in [9.17, 15) is 4.79 Å². The lowest BCUT2D eigenvalue weighted by molar-refractivity contribution is 0.257. The Morgan fingerprint density at radius 1 is 1.38 bits per heavy atom. The zero-order valence-electron chi connectivity index (χ0n) is 7.87. The number of carbonyl (C=O) groups excluding carboxylic acids is 1. The standard InChI is InChI=1S/C10H12BNO/c1-7-3-5-9(6-4-7)8(2)12-10(11)13/h3-6,8H,1-2H3,(H,12,13). The molecule has 0 aliphatic carbocycles. The Morgan fingerprint density at radius 3 is 2.38 bits per heavy atom. The molecule has 1 atom stereocenters. The van der Waals surface area contributed by atoms with Gasteiger partial charge < -0.3 is 5.32 Å². The largest absolute Gasteiger partial charge is 0.359 e. The van der Waals surface area contributed by atoms with Gasteiger partial charge in [0.25, 0.3) is 0 Å². The van der Waals surface area contributed by atoms with Gasteiger partial charge in [-0.25, -0.2) is 0 Å². The van der Waals surface area contributed by atoms with Crippen molar-refractivity contribution < 1.29 is 4.79 Å². The van der Waals surface area contributed by atoms with Crippen LogP contribution >= 0.6 is 0 Å². The summed E-state index contributed by atoms with van der Waals surface area (Å²) in [7, 11) is 5.01. The highest BCUT2D eigenvalue weighted by molar-refractivity contribution is 6.57. The molecule has 1 rings (SSSR count). The molecule has 0 saturated carbocycles. The molecular formula is C10H12BNO. The first kappa shape index (κ1) is 9.84. The van der Waals surface area contributed by atoms with Gasteiger partial charge in [-0.1, -0.05) is 29.8 Å². The maximum atomic E-state index is 10.6. The number of amides is 1. The van der Waals surface area contributed by atoms with Gasteiger partial charge in [-0.2, -0.15) is 0 Å². The van der Waals surface area contributed by atoms with Crippen LogP contribution in [0, 0.1) is 6.92 Å². The van der Waals surface area contributed by atoms with Gasteiger partial charge in [-0.15, -0.1) is 0 Å². The highest BCUT2D eigenvalue weighted by Crippen LogP contribution is 2.12. The Morgan fingerprint density at radius 2 is 1.92 bits per heavy atom. The van der Waals surface area contributed by atoms with E-state index in [2.05, 4.69) is 5.32 Å². The lowest BCUT2D eigenvalue weighted by Crippen LogP contribution is -2.24. The van der Waals surface area contributed by atoms with Crippen LogP contribution in [0.15, 0.2) is 24.3 Å². The van der Waals surface area contributed by atoms with Crippen LogP contribution in [0.5, 0.6) is 0 Å². The molecule has 0 aliphatic heterocycles. The van der Waals surface area contributed by atoms with Crippen molar-refractivity contribution in [2.45, 2.75) is 19.9 Å². The monoisotopic (exact) mass is 173 g/mol. The van der Waals surface area contributed by atoms with E-state index >= 15 is 0 Å². The van der Waals surface area contributed by atoms with Gasteiger partial charge in [0.2, 0.25) is 7.85 Å². The minimum atomic E-state index is -0.493. The zero-order valence-corrected chi connectivity index (χ0v) is 7.87. The molecule has 0 aromatic heterocycles. The summed E-state index contributed by atoms with van der Waals surface area (Å²) >= 11 is 0. The summed E-state index contributed by atoms with van der Waals surface area (Å²) in [6.45, 7) is 3.92. The van der Waals surface area contributed by atoms with E-state index in [4.69, 9.17) is 7.85 Å². The number of carbonyl (C=O) groups is 1. The minimum Gasteiger partial charge on any atom is -0.359 e. The lowest BCUT2D eigenvalue weighted by atomic mass is 10.0. The maximum Gasteiger partial charge on any atom is 0.200 e. The summed E-state index contributed by atoms with van der Waals surface area (Å²) in [6.07, 6.45) is 0. The summed E-state index contributed by atoms with van der Waals surface area (Å²) < 4.78 is 0. The predicted molar refractivity (Wildman–Crippen MR) is 53.9 cm³/mol. The second-order valence-corrected chi connectivity index (χ2v) is 3.14. The molecule has 0 spiro atoms. The molecule has 0 saturated heterocycles. The molecule has 1 amide bonds. The summed E-state index contributed by atoms with van der Waals surface area (Å²) in [5, 5.41) is 2.62. The van der Waals surface area contributed by atoms with Crippen molar-refractivity contribution >= 4 is 13.7 Å². The molecular weight excluding hydrogens is 161 g/mol. The van der Waals surface area contributed by atoms with E-state index < -0.39 is 5.81 Å². The first-order valence-corrected chi connectivity index (χ1v) is 4.22. The summed E-state index contributed by atoms with van der Waals surface area (Å²) in [5.41, 5.74) is 2.26. The van der Waals surface area contributed by atoms with Crippen molar-refractivity contribution in [2.24, 2.45) is 0 Å². The van der Waals surface area contributed by atoms with Crippen LogP contribution in [0.25, 0.3) is 0 Å². The number of rotatable bonds is 2. The van der Waals surface area contributed by atoms with Crippen molar-refractivity contribution in [3.63, 3.8) is 0 Å². The molecule has 1 aromatic rings. The van der Waals surface area contributed by atoms with Crippen LogP contribution in [0.1, 0.15) is 24.1 Å². The Hall–Kier alpha value is -1.25. The van der Waals surface area contributed by atoms with E-state index in [1.165, 1.54) is 5.56 Å². The third kappa shape index (κ3) is 2.94. The molecule has 1 N–H and O–H groups in total. The number of benzene rings is 1. The Labute approximate surface area is 79.8 Å². The van der Waals surface area contributed by atoms with Crippen LogP contribution in [0.3, 0.4) is 0 Å². The minimum absolute atomic E-state index is 0.0295. The van der Waals surface area contributed by atoms with Crippen molar-refractivity contribution in [3.8, 4) is 0 Å². The van der Waals surface area contributed by atoms with Gasteiger partial charge in [-0.3, -0.25) is 4.79 Å². The number of aryl methyl sites for hydroxylation is 1. The van der Waals surface area contributed by atoms with Gasteiger partial charge in [0.15, 0.2) is 5.81 Å². The van der Waals surface area contributed by atoms with Gasteiger partial charge in [0.05, 0.1) is 6.04 Å². The first-order valence-electron chi connectivity index (χ1n) is 4.22. The second kappa shape index (κ2) is 4.12. The van der Waals surface area contributed by atoms with Gasteiger partial charge in [0, 0.05) is 0 Å². The highest BCUT2D eigenvalue weighted by Gasteiger charge is 2.04.